The third-order valence-electron chi connectivity index (χ3n) is 7.16. The number of hydrogen-bond acceptors (Lipinski definition) is 3. The van der Waals surface area contributed by atoms with Gasteiger partial charge in [-0.3, -0.25) is 4.79 Å². The zero-order valence-electron chi connectivity index (χ0n) is 19.5. The van der Waals surface area contributed by atoms with Gasteiger partial charge in [-0.2, -0.15) is 13.2 Å². The van der Waals surface area contributed by atoms with Gasteiger partial charge in [0.1, 0.15) is 0 Å². The fourth-order valence-corrected chi connectivity index (χ4v) is 5.32. The smallest absolute Gasteiger partial charge is 0.368 e. The molecule has 0 saturated carbocycles. The first-order chi connectivity index (χ1) is 16.8. The molecule has 35 heavy (non-hydrogen) atoms. The van der Waals surface area contributed by atoms with Crippen molar-refractivity contribution >= 4 is 17.3 Å². The van der Waals surface area contributed by atoms with Crippen molar-refractivity contribution in [3.63, 3.8) is 0 Å². The molecule has 0 spiro atoms. The first-order valence-electron chi connectivity index (χ1n) is 11.9. The average Bonchev–Trinajstić information content (AvgIpc) is 2.88. The lowest BCUT2D eigenvalue weighted by atomic mass is 9.82. The van der Waals surface area contributed by atoms with Gasteiger partial charge in [-0.05, 0) is 54.8 Å². The average molecular weight is 480 g/mol. The van der Waals surface area contributed by atoms with Crippen molar-refractivity contribution in [3.8, 4) is 0 Å². The van der Waals surface area contributed by atoms with Gasteiger partial charge in [-0.25, -0.2) is 0 Å². The van der Waals surface area contributed by atoms with Crippen LogP contribution < -0.4 is 15.1 Å². The molecule has 0 bridgehead atoms. The van der Waals surface area contributed by atoms with Gasteiger partial charge >= 0.3 is 6.18 Å². The normalized spacial score (nSPS) is 20.6. The summed E-state index contributed by atoms with van der Waals surface area (Å²) < 4.78 is 40.3. The summed E-state index contributed by atoms with van der Waals surface area (Å²) in [4.78, 5) is 18.0. The fraction of sp³-hybridized carbons (Fsp3) is 0.321. The van der Waals surface area contributed by atoms with Crippen molar-refractivity contribution in [1.82, 2.24) is 5.32 Å². The van der Waals surface area contributed by atoms with Crippen molar-refractivity contribution in [2.24, 2.45) is 5.92 Å². The minimum atomic E-state index is -4.42. The first-order valence-corrected chi connectivity index (χ1v) is 11.9. The summed E-state index contributed by atoms with van der Waals surface area (Å²) in [7, 11) is 0. The number of rotatable bonds is 4. The highest BCUT2D eigenvalue weighted by Crippen LogP contribution is 2.40. The Labute approximate surface area is 203 Å². The number of para-hydroxylation sites is 1. The van der Waals surface area contributed by atoms with Gasteiger partial charge in [0, 0.05) is 31.0 Å². The lowest BCUT2D eigenvalue weighted by Crippen LogP contribution is -2.61. The van der Waals surface area contributed by atoms with Crippen LogP contribution >= 0.6 is 0 Å². The van der Waals surface area contributed by atoms with Gasteiger partial charge in [0.15, 0.2) is 0 Å². The molecule has 3 aromatic carbocycles. The molecule has 2 aliphatic heterocycles. The molecule has 1 N–H and O–H groups in total. The second kappa shape index (κ2) is 9.29. The minimum Gasteiger partial charge on any atom is -0.368 e. The quantitative estimate of drug-likeness (QED) is 0.541. The Balaban J connectivity index is 1.46. The number of carbonyl (C=O) groups excluding carboxylic acids is 1. The maximum atomic E-state index is 13.6. The van der Waals surface area contributed by atoms with Gasteiger partial charge in [-0.15, -0.1) is 0 Å². The maximum absolute atomic E-state index is 13.6. The van der Waals surface area contributed by atoms with Gasteiger partial charge in [0.25, 0.3) is 0 Å². The third-order valence-corrected chi connectivity index (χ3v) is 7.16. The number of anilines is 2. The molecule has 1 saturated heterocycles. The summed E-state index contributed by atoms with van der Waals surface area (Å²) >= 11 is 0. The van der Waals surface area contributed by atoms with E-state index < -0.39 is 17.7 Å². The molecule has 1 amide bonds. The number of halogens is 3. The van der Waals surface area contributed by atoms with Gasteiger partial charge in [-0.1, -0.05) is 48.5 Å². The van der Waals surface area contributed by atoms with Crippen molar-refractivity contribution in [1.29, 1.82) is 0 Å². The highest BCUT2D eigenvalue weighted by Gasteiger charge is 2.43. The predicted octanol–water partition coefficient (Wildman–Crippen LogP) is 5.45. The van der Waals surface area contributed by atoms with E-state index in [1.54, 1.807) is 6.07 Å². The first kappa shape index (κ1) is 23.3. The van der Waals surface area contributed by atoms with Crippen molar-refractivity contribution < 1.29 is 18.0 Å². The van der Waals surface area contributed by atoms with Gasteiger partial charge in [0.05, 0.1) is 23.6 Å². The molecule has 4 nitrogen and oxygen atoms in total. The third kappa shape index (κ3) is 4.72. The Morgan fingerprint density at radius 2 is 1.66 bits per heavy atom. The Morgan fingerprint density at radius 3 is 2.34 bits per heavy atom. The number of carbonyl (C=O) groups is 1. The van der Waals surface area contributed by atoms with Crippen LogP contribution in [0.4, 0.5) is 24.5 Å². The van der Waals surface area contributed by atoms with E-state index in [0.29, 0.717) is 18.7 Å². The SMILES string of the molecule is C[C@H](NC(=O)[C@@H]1Cc2cc(C(F)(F)F)ccc2N2CCN(c3ccccc3)C[C@@H]12)c1ccccc1. The summed E-state index contributed by atoms with van der Waals surface area (Å²) in [5.74, 6) is -0.599. The minimum absolute atomic E-state index is 0.130. The molecular weight excluding hydrogens is 451 g/mol. The van der Waals surface area contributed by atoms with E-state index in [1.807, 2.05) is 55.5 Å². The molecule has 0 radical (unpaired) electrons. The van der Waals surface area contributed by atoms with E-state index in [4.69, 9.17) is 0 Å². The Kier molecular flexibility index (Phi) is 6.17. The number of alkyl halides is 3. The van der Waals surface area contributed by atoms with Crippen LogP contribution in [0.2, 0.25) is 0 Å². The molecular formula is C28H28F3N3O. The van der Waals surface area contributed by atoms with E-state index in [-0.39, 0.29) is 24.4 Å². The number of benzene rings is 3. The zero-order chi connectivity index (χ0) is 24.6. The number of amides is 1. The van der Waals surface area contributed by atoms with E-state index in [9.17, 15) is 18.0 Å². The Hall–Kier alpha value is -3.48. The number of hydrogen-bond donors (Lipinski definition) is 1. The largest absolute Gasteiger partial charge is 0.416 e. The summed E-state index contributed by atoms with van der Waals surface area (Å²) in [6, 6.07) is 23.3. The number of fused-ring (bicyclic) bond motifs is 3. The van der Waals surface area contributed by atoms with Crippen molar-refractivity contribution in [2.45, 2.75) is 31.6 Å². The van der Waals surface area contributed by atoms with Crippen molar-refractivity contribution in [2.75, 3.05) is 29.4 Å². The van der Waals surface area contributed by atoms with Crippen LogP contribution in [0, 0.1) is 5.92 Å². The van der Waals surface area contributed by atoms with E-state index in [1.165, 1.54) is 6.07 Å². The molecule has 1 fully saturated rings. The Morgan fingerprint density at radius 1 is 0.971 bits per heavy atom. The van der Waals surface area contributed by atoms with Gasteiger partial charge in [0.2, 0.25) is 5.91 Å². The van der Waals surface area contributed by atoms with Crippen LogP contribution in [0.1, 0.15) is 29.7 Å². The molecule has 3 aromatic rings. The molecule has 3 atom stereocenters. The van der Waals surface area contributed by atoms with Crippen LogP contribution in [0.15, 0.2) is 78.9 Å². The molecule has 0 aliphatic carbocycles. The van der Waals surface area contributed by atoms with Gasteiger partial charge < -0.3 is 15.1 Å². The predicted molar refractivity (Wildman–Crippen MR) is 131 cm³/mol. The molecule has 7 heteroatoms. The highest BCUT2D eigenvalue weighted by molar-refractivity contribution is 5.83. The number of piperazine rings is 1. The number of nitrogens with zero attached hydrogens (tertiary/aromatic N) is 2. The topological polar surface area (TPSA) is 35.6 Å². The lowest BCUT2D eigenvalue weighted by Gasteiger charge is -2.50. The molecule has 5 rings (SSSR count). The van der Waals surface area contributed by atoms with Crippen LogP contribution in [0.5, 0.6) is 0 Å². The second-order valence-electron chi connectivity index (χ2n) is 9.34. The maximum Gasteiger partial charge on any atom is 0.416 e. The molecule has 0 unspecified atom stereocenters. The van der Waals surface area contributed by atoms with Crippen LogP contribution in [0.3, 0.4) is 0 Å². The number of nitrogens with one attached hydrogen (secondary N) is 1. The molecule has 182 valence electrons. The summed E-state index contributed by atoms with van der Waals surface area (Å²) in [6.07, 6.45) is -4.14. The van der Waals surface area contributed by atoms with Crippen LogP contribution in [0.25, 0.3) is 0 Å². The molecule has 2 aliphatic rings. The summed E-state index contributed by atoms with van der Waals surface area (Å²) in [5.41, 5.74) is 2.78. The zero-order valence-corrected chi connectivity index (χ0v) is 19.5. The van der Waals surface area contributed by atoms with E-state index >= 15 is 0 Å². The molecule has 2 heterocycles. The summed E-state index contributed by atoms with van der Waals surface area (Å²) in [6.45, 7) is 3.93. The second-order valence-corrected chi connectivity index (χ2v) is 9.34. The Bertz CT molecular complexity index is 1180. The van der Waals surface area contributed by atoms with Crippen molar-refractivity contribution in [3.05, 3.63) is 95.6 Å². The summed E-state index contributed by atoms with van der Waals surface area (Å²) in [5, 5.41) is 3.12. The van der Waals surface area contributed by atoms with Crippen LogP contribution in [-0.4, -0.2) is 31.6 Å². The van der Waals surface area contributed by atoms with E-state index in [2.05, 4.69) is 27.2 Å². The lowest BCUT2D eigenvalue weighted by molar-refractivity contribution is -0.137. The monoisotopic (exact) mass is 479 g/mol. The van der Waals surface area contributed by atoms with E-state index in [0.717, 1.165) is 29.5 Å². The molecule has 0 aromatic heterocycles. The highest BCUT2D eigenvalue weighted by atomic mass is 19.4. The van der Waals surface area contributed by atoms with Crippen LogP contribution in [-0.2, 0) is 17.4 Å². The standard InChI is InChI=1S/C28H28F3N3O/c1-19(20-8-4-2-5-9-20)32-27(35)24-17-21-16-22(28(29,30)31)12-13-25(21)34-15-14-33(18-26(24)34)23-10-6-3-7-11-23/h2-13,16,19,24,26H,14-15,17-18H2,1H3,(H,32,35)/t19-,24+,26-/m0/s1. The fourth-order valence-electron chi connectivity index (χ4n) is 5.32.